The van der Waals surface area contributed by atoms with E-state index in [9.17, 15) is 4.79 Å². The lowest BCUT2D eigenvalue weighted by Crippen LogP contribution is -2.54. The van der Waals surface area contributed by atoms with Gasteiger partial charge in [0.15, 0.2) is 5.82 Å². The molecular formula is C27H29FN10O2. The van der Waals surface area contributed by atoms with E-state index in [1.54, 1.807) is 25.7 Å². The maximum atomic E-state index is 15.0. The number of carbonyl (C=O) groups is 1. The first-order valence-corrected chi connectivity index (χ1v) is 12.9. The number of carbonyl (C=O) groups excluding carboxylic acids is 1. The molecule has 0 aliphatic carbocycles. The normalized spacial score (nSPS) is 15.5. The van der Waals surface area contributed by atoms with Gasteiger partial charge in [-0.1, -0.05) is 12.1 Å². The SMILES string of the molecule is COCC(C(=O)Nc1cccc2c(-c3nc(Nc4cnc5cn[nH]c5c4)ncc3F)c[nH]c12)N1CCN(C)CC1. The molecule has 5 aromatic rings. The van der Waals surface area contributed by atoms with Crippen molar-refractivity contribution in [2.45, 2.75) is 6.04 Å². The van der Waals surface area contributed by atoms with Crippen molar-refractivity contribution in [1.29, 1.82) is 0 Å². The molecule has 1 aromatic carbocycles. The fraction of sp³-hybridized carbons (Fsp3) is 0.296. The zero-order chi connectivity index (χ0) is 27.6. The number of rotatable bonds is 8. The highest BCUT2D eigenvalue weighted by molar-refractivity contribution is 6.06. The first-order valence-electron chi connectivity index (χ1n) is 12.9. The van der Waals surface area contributed by atoms with Gasteiger partial charge in [-0.05, 0) is 19.2 Å². The zero-order valence-electron chi connectivity index (χ0n) is 22.1. The van der Waals surface area contributed by atoms with Gasteiger partial charge in [0.1, 0.15) is 17.3 Å². The molecule has 1 unspecified atom stereocenters. The standard InChI is InChI=1S/C27H29FN10O2/c1-37-6-8-38(9-7-37)23(15-40-2)26(39)34-20-5-3-4-17-18(12-30-25(17)20)24-19(28)13-31-27(35-24)33-16-10-21-22(29-11-16)14-32-36-21/h3-5,10-14,23,30H,6-9,15H2,1-2H3,(H,32,36)(H,34,39)(H,31,33,35). The number of benzene rings is 1. The topological polar surface area (TPSA) is 140 Å². The molecule has 1 fully saturated rings. The highest BCUT2D eigenvalue weighted by atomic mass is 19.1. The number of H-pyrrole nitrogens is 2. The molecule has 0 saturated carbocycles. The molecule has 1 saturated heterocycles. The zero-order valence-corrected chi connectivity index (χ0v) is 22.1. The highest BCUT2D eigenvalue weighted by Gasteiger charge is 2.29. The van der Waals surface area contributed by atoms with Crippen molar-refractivity contribution in [3.8, 4) is 11.3 Å². The number of amides is 1. The lowest BCUT2D eigenvalue weighted by Gasteiger charge is -2.36. The number of aromatic nitrogens is 6. The van der Waals surface area contributed by atoms with Gasteiger partial charge >= 0.3 is 0 Å². The Morgan fingerprint density at radius 1 is 1.18 bits per heavy atom. The van der Waals surface area contributed by atoms with Crippen LogP contribution in [0.25, 0.3) is 33.2 Å². The van der Waals surface area contributed by atoms with Gasteiger partial charge in [0, 0.05) is 50.4 Å². The predicted molar refractivity (Wildman–Crippen MR) is 150 cm³/mol. The van der Waals surface area contributed by atoms with E-state index in [2.05, 4.69) is 57.6 Å². The summed E-state index contributed by atoms with van der Waals surface area (Å²) in [4.78, 5) is 33.8. The van der Waals surface area contributed by atoms with Gasteiger partial charge < -0.3 is 25.3 Å². The Balaban J connectivity index is 1.26. The second kappa shape index (κ2) is 11.0. The number of anilines is 3. The number of hydrogen-bond acceptors (Lipinski definition) is 9. The van der Waals surface area contributed by atoms with Crippen molar-refractivity contribution >= 4 is 45.2 Å². The lowest BCUT2D eigenvalue weighted by atomic mass is 10.1. The van der Waals surface area contributed by atoms with Gasteiger partial charge in [0.25, 0.3) is 0 Å². The van der Waals surface area contributed by atoms with Crippen LogP contribution < -0.4 is 10.6 Å². The van der Waals surface area contributed by atoms with E-state index in [0.717, 1.165) is 43.4 Å². The van der Waals surface area contributed by atoms with Gasteiger partial charge in [0.05, 0.1) is 47.6 Å². The molecule has 1 aliphatic heterocycles. The molecule has 4 aromatic heterocycles. The summed E-state index contributed by atoms with van der Waals surface area (Å²) in [6.45, 7) is 3.62. The first-order chi connectivity index (χ1) is 19.5. The second-order valence-corrected chi connectivity index (χ2v) is 9.77. The van der Waals surface area contributed by atoms with Crippen LogP contribution in [0.4, 0.5) is 21.7 Å². The van der Waals surface area contributed by atoms with Crippen LogP contribution in [0, 0.1) is 5.82 Å². The number of fused-ring (bicyclic) bond motifs is 2. The Labute approximate surface area is 229 Å². The van der Waals surface area contributed by atoms with Crippen LogP contribution in [0.2, 0.25) is 0 Å². The average molecular weight is 545 g/mol. The number of likely N-dealkylation sites (N-methyl/N-ethyl adjacent to an activating group) is 1. The molecule has 0 bridgehead atoms. The molecule has 0 spiro atoms. The number of piperazine rings is 1. The molecule has 13 heteroatoms. The molecule has 206 valence electrons. The lowest BCUT2D eigenvalue weighted by molar-refractivity contribution is -0.124. The molecule has 0 radical (unpaired) electrons. The minimum Gasteiger partial charge on any atom is -0.383 e. The average Bonchev–Trinajstić information content (AvgIpc) is 3.61. The minimum atomic E-state index is -0.571. The molecule has 40 heavy (non-hydrogen) atoms. The summed E-state index contributed by atoms with van der Waals surface area (Å²) >= 11 is 0. The van der Waals surface area contributed by atoms with E-state index in [1.807, 2.05) is 24.3 Å². The maximum absolute atomic E-state index is 15.0. The van der Waals surface area contributed by atoms with E-state index in [1.165, 1.54) is 0 Å². The van der Waals surface area contributed by atoms with Crippen LogP contribution in [0.1, 0.15) is 0 Å². The van der Waals surface area contributed by atoms with Crippen LogP contribution in [0.3, 0.4) is 0 Å². The Kier molecular flexibility index (Phi) is 7.07. The van der Waals surface area contributed by atoms with Crippen molar-refractivity contribution in [2.75, 3.05) is 57.6 Å². The summed E-state index contributed by atoms with van der Waals surface area (Å²) in [5, 5.41) is 13.7. The molecular weight excluding hydrogens is 515 g/mol. The number of para-hydroxylation sites is 1. The van der Waals surface area contributed by atoms with Crippen LogP contribution in [-0.4, -0.2) is 98.8 Å². The Hall–Kier alpha value is -4.46. The molecule has 4 N–H and O–H groups in total. The second-order valence-electron chi connectivity index (χ2n) is 9.77. The van der Waals surface area contributed by atoms with Crippen LogP contribution >= 0.6 is 0 Å². The van der Waals surface area contributed by atoms with Crippen molar-refractivity contribution < 1.29 is 13.9 Å². The van der Waals surface area contributed by atoms with E-state index in [0.29, 0.717) is 27.8 Å². The number of nitrogens with one attached hydrogen (secondary N) is 4. The van der Waals surface area contributed by atoms with Crippen LogP contribution in [0.5, 0.6) is 0 Å². The maximum Gasteiger partial charge on any atom is 0.244 e. The summed E-state index contributed by atoms with van der Waals surface area (Å²) in [6, 6.07) is 6.89. The number of aromatic amines is 2. The van der Waals surface area contributed by atoms with Gasteiger partial charge in [0.2, 0.25) is 11.9 Å². The minimum absolute atomic E-state index is 0.123. The number of halogens is 1. The Bertz CT molecular complexity index is 1660. The quantitative estimate of drug-likeness (QED) is 0.232. The number of pyridine rings is 1. The Morgan fingerprint density at radius 2 is 2.02 bits per heavy atom. The summed E-state index contributed by atoms with van der Waals surface area (Å²) in [5.74, 6) is -0.513. The van der Waals surface area contributed by atoms with Gasteiger partial charge in [-0.25, -0.2) is 14.4 Å². The van der Waals surface area contributed by atoms with Crippen molar-refractivity contribution in [3.63, 3.8) is 0 Å². The summed E-state index contributed by atoms with van der Waals surface area (Å²) in [7, 11) is 3.67. The third-order valence-corrected chi connectivity index (χ3v) is 7.12. The van der Waals surface area contributed by atoms with Crippen LogP contribution in [-0.2, 0) is 9.53 Å². The van der Waals surface area contributed by atoms with E-state index < -0.39 is 11.9 Å². The summed E-state index contributed by atoms with van der Waals surface area (Å²) < 4.78 is 20.4. The monoisotopic (exact) mass is 544 g/mol. The van der Waals surface area contributed by atoms with Gasteiger partial charge in [-0.3, -0.25) is 19.8 Å². The molecule has 1 amide bonds. The third-order valence-electron chi connectivity index (χ3n) is 7.12. The van der Waals surface area contributed by atoms with E-state index >= 15 is 4.39 Å². The number of ether oxygens (including phenoxy) is 1. The molecule has 12 nitrogen and oxygen atoms in total. The number of methoxy groups -OCH3 is 1. The number of nitrogens with zero attached hydrogens (tertiary/aromatic N) is 6. The fourth-order valence-electron chi connectivity index (χ4n) is 4.95. The summed E-state index contributed by atoms with van der Waals surface area (Å²) in [6.07, 6.45) is 6.07. The first kappa shape index (κ1) is 25.8. The Morgan fingerprint density at radius 3 is 2.85 bits per heavy atom. The van der Waals surface area contributed by atoms with Crippen molar-refractivity contribution in [1.82, 2.24) is 39.9 Å². The summed E-state index contributed by atoms with van der Waals surface area (Å²) in [5.41, 5.74) is 4.03. The molecule has 6 rings (SSSR count). The van der Waals surface area contributed by atoms with Gasteiger partial charge in [-0.15, -0.1) is 0 Å². The third kappa shape index (κ3) is 5.09. The largest absolute Gasteiger partial charge is 0.383 e. The molecule has 1 aliphatic rings. The highest BCUT2D eigenvalue weighted by Crippen LogP contribution is 2.33. The van der Waals surface area contributed by atoms with E-state index in [-0.39, 0.29) is 24.2 Å². The smallest absolute Gasteiger partial charge is 0.244 e. The fourth-order valence-corrected chi connectivity index (χ4v) is 4.95. The van der Waals surface area contributed by atoms with E-state index in [4.69, 9.17) is 4.74 Å². The van der Waals surface area contributed by atoms with Crippen molar-refractivity contribution in [2.24, 2.45) is 0 Å². The molecule has 5 heterocycles. The van der Waals surface area contributed by atoms with Gasteiger partial charge in [-0.2, -0.15) is 5.10 Å². The van der Waals surface area contributed by atoms with Crippen molar-refractivity contribution in [3.05, 3.63) is 54.9 Å². The van der Waals surface area contributed by atoms with Crippen LogP contribution in [0.15, 0.2) is 49.1 Å². The molecule has 1 atom stereocenters. The number of hydrogen-bond donors (Lipinski definition) is 4. The predicted octanol–water partition coefficient (Wildman–Crippen LogP) is 2.98.